The summed E-state index contributed by atoms with van der Waals surface area (Å²) in [4.78, 5) is 17.2. The molecule has 2 heterocycles. The summed E-state index contributed by atoms with van der Waals surface area (Å²) in [5.41, 5.74) is 9.73. The molecule has 1 aliphatic heterocycles. The standard InChI is InChI=1S/C31H43N5O6/c1-3-34(4-2)27-10-7-25-21-29(31(37)42-30(25)22-27)36(33)23-28(32)24-5-8-26(9-6-24)35-11-13-38-15-17-40-19-20-41-18-16-39-14-12-35/h5-10,21-23H,3-4,11-20,32-33H2,1-2H3/b28-23-. The minimum Gasteiger partial charge on any atom is -0.421 e. The van der Waals surface area contributed by atoms with Gasteiger partial charge in [-0.1, -0.05) is 12.1 Å². The highest BCUT2D eigenvalue weighted by molar-refractivity contribution is 5.83. The summed E-state index contributed by atoms with van der Waals surface area (Å²) in [5.74, 6) is 6.26. The van der Waals surface area contributed by atoms with Gasteiger partial charge in [-0.25, -0.2) is 10.6 Å². The first-order valence-electron chi connectivity index (χ1n) is 14.5. The van der Waals surface area contributed by atoms with E-state index in [2.05, 4.69) is 23.6 Å². The lowest BCUT2D eigenvalue weighted by molar-refractivity contribution is 0.00206. The summed E-state index contributed by atoms with van der Waals surface area (Å²) >= 11 is 0. The minimum atomic E-state index is -0.541. The monoisotopic (exact) mass is 581 g/mol. The third-order valence-electron chi connectivity index (χ3n) is 7.08. The number of nitrogens with two attached hydrogens (primary N) is 2. The molecule has 1 aliphatic rings. The maximum atomic E-state index is 12.8. The Bertz CT molecular complexity index is 1330. The number of ether oxygens (including phenoxy) is 4. The lowest BCUT2D eigenvalue weighted by Gasteiger charge is -2.25. The highest BCUT2D eigenvalue weighted by Gasteiger charge is 2.13. The van der Waals surface area contributed by atoms with Gasteiger partial charge in [0.05, 0.1) is 58.6 Å². The predicted molar refractivity (Wildman–Crippen MR) is 167 cm³/mol. The quantitative estimate of drug-likeness (QED) is 0.243. The summed E-state index contributed by atoms with van der Waals surface area (Å²) in [6.45, 7) is 11.7. The lowest BCUT2D eigenvalue weighted by Crippen LogP contribution is -2.31. The van der Waals surface area contributed by atoms with Crippen LogP contribution < -0.4 is 32.0 Å². The van der Waals surface area contributed by atoms with Gasteiger partial charge in [0.15, 0.2) is 0 Å². The van der Waals surface area contributed by atoms with Crippen LogP contribution in [0, 0.1) is 0 Å². The Morgan fingerprint density at radius 3 is 1.98 bits per heavy atom. The molecule has 0 spiro atoms. The van der Waals surface area contributed by atoms with Gasteiger partial charge in [0, 0.05) is 55.2 Å². The van der Waals surface area contributed by atoms with Gasteiger partial charge >= 0.3 is 5.63 Å². The van der Waals surface area contributed by atoms with E-state index in [0.717, 1.165) is 35.4 Å². The fraction of sp³-hybridized carbons (Fsp3) is 0.452. The van der Waals surface area contributed by atoms with E-state index in [1.54, 1.807) is 6.07 Å². The number of hydrazine groups is 1. The average Bonchev–Trinajstić information content (AvgIpc) is 3.01. The molecule has 0 unspecified atom stereocenters. The molecule has 4 rings (SSSR count). The molecule has 1 saturated heterocycles. The molecule has 42 heavy (non-hydrogen) atoms. The third-order valence-corrected chi connectivity index (χ3v) is 7.08. The molecule has 228 valence electrons. The Morgan fingerprint density at radius 1 is 0.833 bits per heavy atom. The van der Waals surface area contributed by atoms with E-state index in [0.29, 0.717) is 77.2 Å². The van der Waals surface area contributed by atoms with Gasteiger partial charge in [-0.05, 0) is 49.7 Å². The zero-order valence-electron chi connectivity index (χ0n) is 24.6. The SMILES string of the molecule is CCN(CC)c1ccc2cc(N(N)/C=C(\N)c3ccc(N4CCOCCOCCOCCOCC4)cc3)c(=O)oc2c1. The van der Waals surface area contributed by atoms with E-state index in [1.165, 1.54) is 11.2 Å². The molecule has 0 saturated carbocycles. The van der Waals surface area contributed by atoms with Crippen molar-refractivity contribution in [2.75, 3.05) is 93.8 Å². The Hall–Kier alpha value is -3.61. The van der Waals surface area contributed by atoms with Gasteiger partial charge in [0.1, 0.15) is 11.3 Å². The van der Waals surface area contributed by atoms with Crippen LogP contribution in [0.4, 0.5) is 17.1 Å². The topological polar surface area (TPSA) is 129 Å². The van der Waals surface area contributed by atoms with Crippen molar-refractivity contribution in [2.45, 2.75) is 13.8 Å². The first kappa shape index (κ1) is 31.3. The van der Waals surface area contributed by atoms with Crippen LogP contribution in [0.25, 0.3) is 16.7 Å². The summed E-state index contributed by atoms with van der Waals surface area (Å²) in [6.07, 6.45) is 1.52. The average molecular weight is 582 g/mol. The van der Waals surface area contributed by atoms with Crippen molar-refractivity contribution < 1.29 is 23.4 Å². The van der Waals surface area contributed by atoms with E-state index in [9.17, 15) is 4.79 Å². The number of benzene rings is 2. The molecule has 3 aromatic rings. The van der Waals surface area contributed by atoms with Crippen LogP contribution in [0.2, 0.25) is 0 Å². The fourth-order valence-corrected chi connectivity index (χ4v) is 4.69. The van der Waals surface area contributed by atoms with Crippen LogP contribution in [0.15, 0.2) is 63.9 Å². The molecule has 0 amide bonds. The summed E-state index contributed by atoms with van der Waals surface area (Å²) in [5, 5.41) is 1.98. The zero-order chi connectivity index (χ0) is 29.7. The first-order valence-corrected chi connectivity index (χ1v) is 14.5. The number of fused-ring (bicyclic) bond motifs is 1. The molecule has 0 aliphatic carbocycles. The summed E-state index contributed by atoms with van der Waals surface area (Å²) in [6, 6.07) is 15.4. The van der Waals surface area contributed by atoms with Gasteiger partial charge < -0.3 is 38.9 Å². The van der Waals surface area contributed by atoms with Crippen LogP contribution in [0.1, 0.15) is 19.4 Å². The molecule has 0 radical (unpaired) electrons. The van der Waals surface area contributed by atoms with Gasteiger partial charge in [-0.15, -0.1) is 0 Å². The van der Waals surface area contributed by atoms with Crippen LogP contribution in [-0.2, 0) is 18.9 Å². The zero-order valence-corrected chi connectivity index (χ0v) is 24.6. The van der Waals surface area contributed by atoms with Crippen LogP contribution in [-0.4, -0.2) is 79.0 Å². The molecule has 2 aromatic carbocycles. The van der Waals surface area contributed by atoms with Gasteiger partial charge in [0.25, 0.3) is 0 Å². The molecular formula is C31H43N5O6. The van der Waals surface area contributed by atoms with Crippen molar-refractivity contribution in [3.8, 4) is 0 Å². The van der Waals surface area contributed by atoms with Crippen molar-refractivity contribution in [3.63, 3.8) is 0 Å². The van der Waals surface area contributed by atoms with Crippen molar-refractivity contribution >= 4 is 33.7 Å². The third kappa shape index (κ3) is 8.70. The molecule has 1 fully saturated rings. The Kier molecular flexibility index (Phi) is 12.0. The van der Waals surface area contributed by atoms with E-state index in [1.807, 2.05) is 42.5 Å². The lowest BCUT2D eigenvalue weighted by atomic mass is 10.1. The predicted octanol–water partition coefficient (Wildman–Crippen LogP) is 3.16. The normalized spacial score (nSPS) is 16.5. The van der Waals surface area contributed by atoms with Crippen molar-refractivity contribution in [2.24, 2.45) is 11.6 Å². The first-order chi connectivity index (χ1) is 20.5. The number of hydrogen-bond donors (Lipinski definition) is 2. The molecule has 11 nitrogen and oxygen atoms in total. The van der Waals surface area contributed by atoms with Crippen molar-refractivity contribution in [1.82, 2.24) is 0 Å². The number of hydrogen-bond acceptors (Lipinski definition) is 11. The number of nitrogens with zero attached hydrogens (tertiary/aromatic N) is 3. The molecule has 11 heteroatoms. The van der Waals surface area contributed by atoms with E-state index in [-0.39, 0.29) is 5.69 Å². The van der Waals surface area contributed by atoms with Crippen molar-refractivity contribution in [1.29, 1.82) is 0 Å². The Labute approximate surface area is 247 Å². The second-order valence-corrected chi connectivity index (χ2v) is 9.79. The van der Waals surface area contributed by atoms with Gasteiger partial charge in [0.2, 0.25) is 0 Å². The minimum absolute atomic E-state index is 0.190. The molecular weight excluding hydrogens is 538 g/mol. The largest absolute Gasteiger partial charge is 0.421 e. The Morgan fingerprint density at radius 2 is 1.40 bits per heavy atom. The number of rotatable bonds is 7. The molecule has 4 N–H and O–H groups in total. The maximum Gasteiger partial charge on any atom is 0.361 e. The summed E-state index contributed by atoms with van der Waals surface area (Å²) in [7, 11) is 0. The van der Waals surface area contributed by atoms with Gasteiger partial charge in [-0.3, -0.25) is 5.01 Å². The maximum absolute atomic E-state index is 12.8. The molecule has 0 atom stereocenters. The summed E-state index contributed by atoms with van der Waals surface area (Å²) < 4.78 is 28.1. The number of anilines is 3. The van der Waals surface area contributed by atoms with Crippen LogP contribution in [0.3, 0.4) is 0 Å². The highest BCUT2D eigenvalue weighted by Crippen LogP contribution is 2.24. The van der Waals surface area contributed by atoms with Crippen LogP contribution in [0.5, 0.6) is 0 Å². The molecule has 1 aromatic heterocycles. The smallest absolute Gasteiger partial charge is 0.361 e. The van der Waals surface area contributed by atoms with Crippen molar-refractivity contribution in [3.05, 3.63) is 70.7 Å². The van der Waals surface area contributed by atoms with Crippen LogP contribution >= 0.6 is 0 Å². The van der Waals surface area contributed by atoms with Gasteiger partial charge in [-0.2, -0.15) is 0 Å². The van der Waals surface area contributed by atoms with E-state index < -0.39 is 5.63 Å². The van der Waals surface area contributed by atoms with E-state index in [4.69, 9.17) is 34.9 Å². The second-order valence-electron chi connectivity index (χ2n) is 9.79. The van der Waals surface area contributed by atoms with E-state index >= 15 is 0 Å². The Balaban J connectivity index is 1.44. The molecule has 0 bridgehead atoms. The fourth-order valence-electron chi connectivity index (χ4n) is 4.69. The second kappa shape index (κ2) is 16.1. The highest BCUT2D eigenvalue weighted by atomic mass is 16.6.